The van der Waals surface area contributed by atoms with Crippen molar-refractivity contribution in [3.63, 3.8) is 0 Å². The maximum Gasteiger partial charge on any atom is 0.408 e. The van der Waals surface area contributed by atoms with Gasteiger partial charge in [0, 0.05) is 19.4 Å². The maximum atomic E-state index is 13.1. The van der Waals surface area contributed by atoms with Crippen LogP contribution in [0.15, 0.2) is 60.7 Å². The fourth-order valence-electron chi connectivity index (χ4n) is 4.54. The molecule has 1 aliphatic rings. The van der Waals surface area contributed by atoms with Gasteiger partial charge in [-0.15, -0.1) is 0 Å². The van der Waals surface area contributed by atoms with Crippen LogP contribution in [0, 0.1) is 0 Å². The molecule has 0 saturated heterocycles. The summed E-state index contributed by atoms with van der Waals surface area (Å²) < 4.78 is 10.3. The predicted molar refractivity (Wildman–Crippen MR) is 150 cm³/mol. The van der Waals surface area contributed by atoms with Crippen molar-refractivity contribution in [3.05, 3.63) is 71.8 Å². The number of rotatable bonds is 13. The molecule has 1 aliphatic carbocycles. The van der Waals surface area contributed by atoms with Gasteiger partial charge in [-0.1, -0.05) is 55.1 Å². The minimum atomic E-state index is -1.20. The lowest BCUT2D eigenvalue weighted by molar-refractivity contribution is -0.143. The normalized spacial score (nSPS) is 13.0. The average molecular weight is 566 g/mol. The van der Waals surface area contributed by atoms with E-state index in [9.17, 15) is 24.0 Å². The number of ether oxygens (including phenoxy) is 2. The third-order valence-corrected chi connectivity index (χ3v) is 6.48. The highest BCUT2D eigenvalue weighted by Gasteiger charge is 2.31. The molecule has 2 aromatic rings. The number of esters is 1. The van der Waals surface area contributed by atoms with E-state index in [4.69, 9.17) is 15.2 Å². The lowest BCUT2D eigenvalue weighted by Crippen LogP contribution is -2.54. The van der Waals surface area contributed by atoms with Gasteiger partial charge in [0.2, 0.25) is 11.8 Å². The van der Waals surface area contributed by atoms with E-state index in [1.165, 1.54) is 6.92 Å². The summed E-state index contributed by atoms with van der Waals surface area (Å²) in [5.74, 6) is -2.07. The molecular formula is C29H35N5O7. The summed E-state index contributed by atoms with van der Waals surface area (Å²) in [5.41, 5.74) is 9.63. The van der Waals surface area contributed by atoms with E-state index >= 15 is 0 Å². The van der Waals surface area contributed by atoms with E-state index in [0.29, 0.717) is 12.0 Å². The number of nitrogens with one attached hydrogen (secondary N) is 4. The van der Waals surface area contributed by atoms with Crippen LogP contribution in [0.5, 0.6) is 0 Å². The third kappa shape index (κ3) is 8.56. The monoisotopic (exact) mass is 565 g/mol. The Morgan fingerprint density at radius 2 is 1.49 bits per heavy atom. The number of fused-ring (bicyclic) bond motifs is 3. The van der Waals surface area contributed by atoms with Crippen molar-refractivity contribution in [2.24, 2.45) is 5.73 Å². The number of benzene rings is 2. The van der Waals surface area contributed by atoms with Crippen molar-refractivity contribution in [1.29, 1.82) is 0 Å². The molecule has 0 saturated carbocycles. The summed E-state index contributed by atoms with van der Waals surface area (Å²) in [5, 5.41) is 9.92. The minimum absolute atomic E-state index is 0.0540. The molecule has 5 amide bonds. The summed E-state index contributed by atoms with van der Waals surface area (Å²) in [6, 6.07) is 12.8. The van der Waals surface area contributed by atoms with Gasteiger partial charge in [-0.3, -0.25) is 14.4 Å². The van der Waals surface area contributed by atoms with Crippen molar-refractivity contribution in [1.82, 2.24) is 21.3 Å². The molecule has 0 aromatic heterocycles. The second kappa shape index (κ2) is 14.5. The quantitative estimate of drug-likeness (QED) is 0.107. The molecule has 0 radical (unpaired) electrons. The molecule has 3 rings (SSSR count). The Morgan fingerprint density at radius 3 is 2.05 bits per heavy atom. The number of carbonyl (C=O) groups is 5. The second-order valence-corrected chi connectivity index (χ2v) is 9.56. The zero-order valence-corrected chi connectivity index (χ0v) is 23.0. The largest absolute Gasteiger partial charge is 0.449 e. The Labute approximate surface area is 238 Å². The molecule has 2 aromatic carbocycles. The summed E-state index contributed by atoms with van der Waals surface area (Å²) in [6.45, 7) is 6.37. The first-order valence-corrected chi connectivity index (χ1v) is 13.1. The van der Waals surface area contributed by atoms with Crippen molar-refractivity contribution in [3.8, 4) is 11.1 Å². The minimum Gasteiger partial charge on any atom is -0.449 e. The lowest BCUT2D eigenvalue weighted by Gasteiger charge is -2.23. The number of hydrogen-bond donors (Lipinski definition) is 5. The van der Waals surface area contributed by atoms with Crippen LogP contribution in [0.2, 0.25) is 0 Å². The smallest absolute Gasteiger partial charge is 0.408 e. The van der Waals surface area contributed by atoms with E-state index < -0.39 is 42.0 Å². The number of hydrogen-bond acceptors (Lipinski definition) is 7. The number of alkyl carbamates (subject to hydrolysis) is 1. The molecule has 41 heavy (non-hydrogen) atoms. The molecule has 6 N–H and O–H groups in total. The summed E-state index contributed by atoms with van der Waals surface area (Å²) >= 11 is 0. The van der Waals surface area contributed by atoms with E-state index in [1.807, 2.05) is 48.5 Å². The zero-order valence-electron chi connectivity index (χ0n) is 23.0. The molecule has 2 atom stereocenters. The molecule has 0 heterocycles. The van der Waals surface area contributed by atoms with Crippen molar-refractivity contribution >= 4 is 29.9 Å². The van der Waals surface area contributed by atoms with Gasteiger partial charge in [0.15, 0.2) is 6.73 Å². The zero-order chi connectivity index (χ0) is 29.9. The molecule has 218 valence electrons. The van der Waals surface area contributed by atoms with E-state index in [1.54, 1.807) is 6.92 Å². The van der Waals surface area contributed by atoms with Gasteiger partial charge < -0.3 is 36.5 Å². The van der Waals surface area contributed by atoms with E-state index in [2.05, 4.69) is 27.8 Å². The summed E-state index contributed by atoms with van der Waals surface area (Å²) in [6.07, 6.45) is -0.408. The lowest BCUT2D eigenvalue weighted by atomic mass is 9.98. The van der Waals surface area contributed by atoms with Gasteiger partial charge in [0.25, 0.3) is 0 Å². The molecule has 0 unspecified atom stereocenters. The van der Waals surface area contributed by atoms with Gasteiger partial charge in [-0.05, 0) is 47.6 Å². The van der Waals surface area contributed by atoms with Crippen LogP contribution in [-0.2, 0) is 23.9 Å². The standard InChI is InChI=1S/C29H35N5O7/c1-17(2)25(27(37)33-24(13-8-14-31-28(30)38)26(36)32-16-41-18(3)35)34-29(39)40-15-23-21-11-6-4-9-19(21)20-10-5-7-12-22(20)23/h4-7,9-12,23-25H,1,8,13-16H2,2-3H3,(H,32,36)(H,33,37)(H,34,39)(H3,30,31,38)/t24-,25-/m0/s1. The topological polar surface area (TPSA) is 178 Å². The van der Waals surface area contributed by atoms with Crippen molar-refractivity contribution in [2.45, 2.75) is 44.7 Å². The molecule has 0 fully saturated rings. The van der Waals surface area contributed by atoms with E-state index in [-0.39, 0.29) is 32.2 Å². The van der Waals surface area contributed by atoms with Crippen LogP contribution in [0.25, 0.3) is 11.1 Å². The number of nitrogens with two attached hydrogens (primary N) is 1. The van der Waals surface area contributed by atoms with Crippen molar-refractivity contribution in [2.75, 3.05) is 19.9 Å². The first-order chi connectivity index (χ1) is 19.6. The van der Waals surface area contributed by atoms with Gasteiger partial charge in [-0.25, -0.2) is 9.59 Å². The van der Waals surface area contributed by atoms with Gasteiger partial charge in [0.1, 0.15) is 18.7 Å². The van der Waals surface area contributed by atoms with Crippen LogP contribution in [0.4, 0.5) is 9.59 Å². The summed E-state index contributed by atoms with van der Waals surface area (Å²) in [4.78, 5) is 60.6. The molecule has 0 aliphatic heterocycles. The third-order valence-electron chi connectivity index (χ3n) is 6.48. The maximum absolute atomic E-state index is 13.1. The highest BCUT2D eigenvalue weighted by Crippen LogP contribution is 2.44. The fourth-order valence-corrected chi connectivity index (χ4v) is 4.54. The first kappa shape index (κ1) is 30.7. The fraction of sp³-hybridized carbons (Fsp3) is 0.345. The van der Waals surface area contributed by atoms with Gasteiger partial charge >= 0.3 is 18.1 Å². The second-order valence-electron chi connectivity index (χ2n) is 9.56. The number of primary amides is 1. The van der Waals surface area contributed by atoms with Crippen molar-refractivity contribution < 1.29 is 33.4 Å². The molecule has 12 nitrogen and oxygen atoms in total. The molecule has 0 bridgehead atoms. The highest BCUT2D eigenvalue weighted by atomic mass is 16.5. The first-order valence-electron chi connectivity index (χ1n) is 13.1. The van der Waals surface area contributed by atoms with E-state index in [0.717, 1.165) is 22.3 Å². The number of urea groups is 1. The van der Waals surface area contributed by atoms with Crippen LogP contribution in [-0.4, -0.2) is 61.9 Å². The molecular weight excluding hydrogens is 530 g/mol. The van der Waals surface area contributed by atoms with Crippen LogP contribution >= 0.6 is 0 Å². The van der Waals surface area contributed by atoms with Gasteiger partial charge in [0.05, 0.1) is 0 Å². The Hall–Kier alpha value is -4.87. The Balaban J connectivity index is 1.62. The molecule has 12 heteroatoms. The SMILES string of the molecule is C=C(C)[C@H](NC(=O)OCC1c2ccccc2-c2ccccc21)C(=O)N[C@@H](CCCNC(N)=O)C(=O)NCOC(C)=O. The Kier molecular flexibility index (Phi) is 10.8. The number of carbonyl (C=O) groups excluding carboxylic acids is 5. The summed E-state index contributed by atoms with van der Waals surface area (Å²) in [7, 11) is 0. The predicted octanol–water partition coefficient (Wildman–Crippen LogP) is 2.04. The Bertz CT molecular complexity index is 1270. The molecule has 0 spiro atoms. The van der Waals surface area contributed by atoms with Crippen LogP contribution in [0.1, 0.15) is 43.7 Å². The average Bonchev–Trinajstić information content (AvgIpc) is 3.25. The van der Waals surface area contributed by atoms with Gasteiger partial charge in [-0.2, -0.15) is 0 Å². The number of amides is 5. The van der Waals surface area contributed by atoms with Crippen LogP contribution < -0.4 is 27.0 Å². The Morgan fingerprint density at radius 1 is 0.878 bits per heavy atom. The van der Waals surface area contributed by atoms with Crippen LogP contribution in [0.3, 0.4) is 0 Å². The highest BCUT2D eigenvalue weighted by molar-refractivity contribution is 5.93.